The highest BCUT2D eigenvalue weighted by atomic mass is 32.2. The summed E-state index contributed by atoms with van der Waals surface area (Å²) in [4.78, 5) is 44.2. The number of hydrogen-bond acceptors (Lipinski definition) is 6. The first-order valence-corrected chi connectivity index (χ1v) is 13.9. The summed E-state index contributed by atoms with van der Waals surface area (Å²) in [5, 5.41) is 3.21. The maximum Gasteiger partial charge on any atom is 0.333 e. The highest BCUT2D eigenvalue weighted by Gasteiger charge is 2.31. The number of aromatic nitrogens is 3. The lowest BCUT2D eigenvalue weighted by molar-refractivity contribution is -0.132. The van der Waals surface area contributed by atoms with Crippen LogP contribution in [0.3, 0.4) is 0 Å². The average Bonchev–Trinajstić information content (AvgIpc) is 2.92. The van der Waals surface area contributed by atoms with Crippen molar-refractivity contribution in [3.63, 3.8) is 0 Å². The Morgan fingerprint density at radius 1 is 1.05 bits per heavy atom. The molecule has 1 amide bonds. The third kappa shape index (κ3) is 5.22. The van der Waals surface area contributed by atoms with Crippen molar-refractivity contribution in [3.05, 3.63) is 74.8 Å². The number of nitrogens with one attached hydrogen (secondary N) is 1. The molecule has 2 aliphatic rings. The first kappa shape index (κ1) is 25.7. The minimum Gasteiger partial charge on any atom is -0.367 e. The predicted octanol–water partition coefficient (Wildman–Crippen LogP) is 3.75. The smallest absolute Gasteiger partial charge is 0.333 e. The number of ether oxygens (including phenoxy) is 1. The van der Waals surface area contributed by atoms with Gasteiger partial charge in [0.15, 0.2) is 6.10 Å². The van der Waals surface area contributed by atoms with Crippen LogP contribution in [0.15, 0.2) is 52.2 Å². The van der Waals surface area contributed by atoms with E-state index in [1.807, 2.05) is 42.1 Å². The Bertz CT molecular complexity index is 1380. The predicted molar refractivity (Wildman–Crippen MR) is 141 cm³/mol. The van der Waals surface area contributed by atoms with Crippen LogP contribution in [0, 0.1) is 5.82 Å². The number of thioether (sulfide) groups is 1. The van der Waals surface area contributed by atoms with E-state index in [2.05, 4.69) is 10.3 Å². The second-order valence-corrected chi connectivity index (χ2v) is 11.0. The number of fused-ring (bicyclic) bond motifs is 1. The lowest BCUT2D eigenvalue weighted by Gasteiger charge is -2.32. The second-order valence-electron chi connectivity index (χ2n) is 9.74. The van der Waals surface area contributed by atoms with E-state index >= 15 is 0 Å². The van der Waals surface area contributed by atoms with Crippen molar-refractivity contribution in [1.82, 2.24) is 19.4 Å². The number of hydrogen-bond donors (Lipinski definition) is 1. The molecule has 1 unspecified atom stereocenters. The molecule has 1 saturated carbocycles. The van der Waals surface area contributed by atoms with Gasteiger partial charge in [-0.3, -0.25) is 18.7 Å². The topological polar surface area (TPSA) is 95.2 Å². The van der Waals surface area contributed by atoms with Crippen molar-refractivity contribution >= 4 is 28.7 Å². The summed E-state index contributed by atoms with van der Waals surface area (Å²) in [6.45, 7) is 0. The fourth-order valence-corrected chi connectivity index (χ4v) is 6.66. The summed E-state index contributed by atoms with van der Waals surface area (Å²) in [5.74, 6) is 1.04. The molecule has 37 heavy (non-hydrogen) atoms. The van der Waals surface area contributed by atoms with Gasteiger partial charge in [0.25, 0.3) is 11.5 Å². The molecule has 10 heteroatoms. The molecule has 3 heterocycles. The maximum atomic E-state index is 14.1. The summed E-state index contributed by atoms with van der Waals surface area (Å²) in [6, 6.07) is 10.0. The number of carbonyl (C=O) groups is 1. The lowest BCUT2D eigenvalue weighted by Crippen LogP contribution is -2.47. The van der Waals surface area contributed by atoms with E-state index in [1.54, 1.807) is 4.57 Å². The summed E-state index contributed by atoms with van der Waals surface area (Å²) in [5.41, 5.74) is 0.174. The summed E-state index contributed by atoms with van der Waals surface area (Å²) >= 11 is 1.84. The number of nitrogens with zero attached hydrogens (tertiary/aromatic N) is 3. The van der Waals surface area contributed by atoms with Crippen LogP contribution in [0.1, 0.15) is 62.3 Å². The van der Waals surface area contributed by atoms with Gasteiger partial charge < -0.3 is 10.1 Å². The number of amides is 1. The van der Waals surface area contributed by atoms with Gasteiger partial charge in [0.1, 0.15) is 11.5 Å². The third-order valence-corrected chi connectivity index (χ3v) is 8.51. The number of benzene rings is 1. The Labute approximate surface area is 218 Å². The van der Waals surface area contributed by atoms with E-state index in [0.29, 0.717) is 25.7 Å². The standard InChI is InChI=1S/C27H31FN4O4S/c1-36-23(17-5-3-2-4-6-17)25(33)30-19-7-9-20(10-8-19)32-26(34)22-15-18(28)16-29-24(22)31(27(32)35)21-11-13-37-14-12-21/h2-6,15-16,19-21,23H,7-14H2,1H3,(H,30,33). The molecule has 1 atom stereocenters. The molecule has 1 aromatic carbocycles. The van der Waals surface area contributed by atoms with Crippen LogP contribution >= 0.6 is 11.8 Å². The van der Waals surface area contributed by atoms with Crippen LogP contribution in [0.5, 0.6) is 0 Å². The molecule has 1 aliphatic heterocycles. The summed E-state index contributed by atoms with van der Waals surface area (Å²) in [7, 11) is 1.51. The van der Waals surface area contributed by atoms with Crippen LogP contribution < -0.4 is 16.6 Å². The SMILES string of the molecule is COC(C(=O)NC1CCC(n2c(=O)c3cc(F)cnc3n(C3CCSCC3)c2=O)CC1)c1ccccc1. The van der Waals surface area contributed by atoms with Crippen LogP contribution in [-0.4, -0.2) is 44.7 Å². The van der Waals surface area contributed by atoms with Gasteiger partial charge in [0.05, 0.1) is 11.6 Å². The fraction of sp³-hybridized carbons (Fsp3) is 0.481. The van der Waals surface area contributed by atoms with Crippen LogP contribution in [-0.2, 0) is 9.53 Å². The van der Waals surface area contributed by atoms with Crippen molar-refractivity contribution in [1.29, 1.82) is 0 Å². The van der Waals surface area contributed by atoms with Crippen LogP contribution in [0.4, 0.5) is 4.39 Å². The zero-order valence-corrected chi connectivity index (χ0v) is 21.6. The van der Waals surface area contributed by atoms with Crippen molar-refractivity contribution < 1.29 is 13.9 Å². The van der Waals surface area contributed by atoms with E-state index in [-0.39, 0.29) is 40.8 Å². The van der Waals surface area contributed by atoms with Crippen molar-refractivity contribution in [2.45, 2.75) is 62.8 Å². The molecule has 2 fully saturated rings. The van der Waals surface area contributed by atoms with Crippen LogP contribution in [0.25, 0.3) is 11.0 Å². The van der Waals surface area contributed by atoms with Gasteiger partial charge in [-0.1, -0.05) is 30.3 Å². The molecule has 0 radical (unpaired) electrons. The van der Waals surface area contributed by atoms with Gasteiger partial charge in [-0.2, -0.15) is 11.8 Å². The highest BCUT2D eigenvalue weighted by molar-refractivity contribution is 7.99. The first-order chi connectivity index (χ1) is 18.0. The molecule has 1 aliphatic carbocycles. The monoisotopic (exact) mass is 526 g/mol. The lowest BCUT2D eigenvalue weighted by atomic mass is 9.90. The van der Waals surface area contributed by atoms with Gasteiger partial charge in [-0.05, 0) is 61.7 Å². The minimum absolute atomic E-state index is 0.0688. The zero-order chi connectivity index (χ0) is 25.9. The molecule has 1 saturated heterocycles. The van der Waals surface area contributed by atoms with E-state index in [0.717, 1.165) is 36.1 Å². The fourth-order valence-electron chi connectivity index (χ4n) is 5.58. The van der Waals surface area contributed by atoms with E-state index in [9.17, 15) is 18.8 Å². The Morgan fingerprint density at radius 3 is 2.41 bits per heavy atom. The number of rotatable bonds is 6. The molecule has 0 spiro atoms. The average molecular weight is 527 g/mol. The molecule has 8 nitrogen and oxygen atoms in total. The summed E-state index contributed by atoms with van der Waals surface area (Å²) < 4.78 is 22.5. The largest absolute Gasteiger partial charge is 0.367 e. The van der Waals surface area contributed by atoms with E-state index in [1.165, 1.54) is 17.7 Å². The zero-order valence-electron chi connectivity index (χ0n) is 20.8. The number of methoxy groups -OCH3 is 1. The quantitative estimate of drug-likeness (QED) is 0.526. The highest BCUT2D eigenvalue weighted by Crippen LogP contribution is 2.30. The van der Waals surface area contributed by atoms with Gasteiger partial charge in [0, 0.05) is 25.2 Å². The molecular weight excluding hydrogens is 495 g/mol. The van der Waals surface area contributed by atoms with E-state index < -0.39 is 17.5 Å². The number of carbonyl (C=O) groups excluding carboxylic acids is 1. The molecule has 3 aromatic rings. The normalized spacial score (nSPS) is 21.6. The molecule has 5 rings (SSSR count). The summed E-state index contributed by atoms with van der Waals surface area (Å²) in [6.07, 6.45) is 4.31. The maximum absolute atomic E-state index is 14.1. The van der Waals surface area contributed by atoms with E-state index in [4.69, 9.17) is 4.74 Å². The van der Waals surface area contributed by atoms with Crippen molar-refractivity contribution in [2.75, 3.05) is 18.6 Å². The molecule has 2 aromatic heterocycles. The second kappa shape index (κ2) is 11.2. The third-order valence-electron chi connectivity index (χ3n) is 7.46. The molecular formula is C27H31FN4O4S. The first-order valence-electron chi connectivity index (χ1n) is 12.8. The Hall–Kier alpha value is -2.98. The van der Waals surface area contributed by atoms with Crippen LogP contribution in [0.2, 0.25) is 0 Å². The molecule has 1 N–H and O–H groups in total. The van der Waals surface area contributed by atoms with Gasteiger partial charge in [-0.25, -0.2) is 14.2 Å². The Balaban J connectivity index is 1.38. The Morgan fingerprint density at radius 2 is 1.73 bits per heavy atom. The molecule has 196 valence electrons. The van der Waals surface area contributed by atoms with Gasteiger partial charge in [0.2, 0.25) is 0 Å². The number of pyridine rings is 1. The van der Waals surface area contributed by atoms with Gasteiger partial charge >= 0.3 is 5.69 Å². The van der Waals surface area contributed by atoms with Gasteiger partial charge in [-0.15, -0.1) is 0 Å². The van der Waals surface area contributed by atoms with Crippen molar-refractivity contribution in [3.8, 4) is 0 Å². The molecule has 0 bridgehead atoms. The minimum atomic E-state index is -0.703. The van der Waals surface area contributed by atoms with Crippen molar-refractivity contribution in [2.24, 2.45) is 0 Å². The Kier molecular flexibility index (Phi) is 7.76. The number of halogens is 1.